The summed E-state index contributed by atoms with van der Waals surface area (Å²) in [6, 6.07) is 5.77. The smallest absolute Gasteiger partial charge is 0.189 e. The molecule has 0 radical (unpaired) electrons. The standard InChI is InChI=1S/C12H18N6/c1-2-3-7-14-12(13)15-9-11-17-16-10-6-4-5-8-18(10)11/h4-6,8H,2-3,7,9H2,1H3,(H3,13,14,15). The normalized spacial score (nSPS) is 11.9. The van der Waals surface area contributed by atoms with Gasteiger partial charge in [0.1, 0.15) is 6.54 Å². The van der Waals surface area contributed by atoms with Crippen LogP contribution in [0, 0.1) is 0 Å². The number of fused-ring (bicyclic) bond motifs is 1. The minimum absolute atomic E-state index is 0.427. The van der Waals surface area contributed by atoms with Crippen molar-refractivity contribution in [3.05, 3.63) is 30.2 Å². The third kappa shape index (κ3) is 2.97. The first-order chi connectivity index (χ1) is 8.81. The summed E-state index contributed by atoms with van der Waals surface area (Å²) in [5.41, 5.74) is 6.58. The van der Waals surface area contributed by atoms with Gasteiger partial charge in [0.15, 0.2) is 17.4 Å². The fourth-order valence-corrected chi connectivity index (χ4v) is 1.60. The van der Waals surface area contributed by atoms with E-state index in [0.29, 0.717) is 12.5 Å². The molecule has 96 valence electrons. The highest BCUT2D eigenvalue weighted by Crippen LogP contribution is 2.03. The molecule has 6 heteroatoms. The van der Waals surface area contributed by atoms with Crippen molar-refractivity contribution >= 4 is 11.6 Å². The second kappa shape index (κ2) is 6.00. The molecule has 0 aliphatic heterocycles. The van der Waals surface area contributed by atoms with Gasteiger partial charge in [-0.2, -0.15) is 0 Å². The van der Waals surface area contributed by atoms with Crippen LogP contribution in [0.4, 0.5) is 0 Å². The number of rotatable bonds is 5. The van der Waals surface area contributed by atoms with Crippen LogP contribution >= 0.6 is 0 Å². The predicted molar refractivity (Wildman–Crippen MR) is 71.2 cm³/mol. The highest BCUT2D eigenvalue weighted by atomic mass is 15.3. The Morgan fingerprint density at radius 3 is 3.17 bits per heavy atom. The van der Waals surface area contributed by atoms with E-state index < -0.39 is 0 Å². The minimum Gasteiger partial charge on any atom is -0.370 e. The summed E-state index contributed by atoms with van der Waals surface area (Å²) in [7, 11) is 0. The maximum absolute atomic E-state index is 5.76. The van der Waals surface area contributed by atoms with Crippen LogP contribution in [-0.4, -0.2) is 27.1 Å². The van der Waals surface area contributed by atoms with Gasteiger partial charge in [-0.1, -0.05) is 19.4 Å². The molecule has 0 fully saturated rings. The van der Waals surface area contributed by atoms with Crippen molar-refractivity contribution in [1.82, 2.24) is 19.9 Å². The van der Waals surface area contributed by atoms with E-state index >= 15 is 0 Å². The third-order valence-corrected chi connectivity index (χ3v) is 2.61. The summed E-state index contributed by atoms with van der Waals surface area (Å²) in [6.45, 7) is 3.42. The maximum Gasteiger partial charge on any atom is 0.189 e. The van der Waals surface area contributed by atoms with Crippen molar-refractivity contribution in [2.45, 2.75) is 26.3 Å². The molecule has 0 atom stereocenters. The fraction of sp³-hybridized carbons (Fsp3) is 0.417. The Balaban J connectivity index is 1.99. The summed E-state index contributed by atoms with van der Waals surface area (Å²) in [5, 5.41) is 11.2. The first-order valence-electron chi connectivity index (χ1n) is 6.13. The van der Waals surface area contributed by atoms with Gasteiger partial charge in [0.2, 0.25) is 0 Å². The van der Waals surface area contributed by atoms with Crippen molar-refractivity contribution < 1.29 is 0 Å². The molecule has 0 aromatic carbocycles. The topological polar surface area (TPSA) is 80.6 Å². The highest BCUT2D eigenvalue weighted by molar-refractivity contribution is 5.77. The van der Waals surface area contributed by atoms with E-state index in [4.69, 9.17) is 5.73 Å². The van der Waals surface area contributed by atoms with Crippen molar-refractivity contribution in [3.8, 4) is 0 Å². The predicted octanol–water partition coefficient (Wildman–Crippen LogP) is 0.934. The molecular weight excluding hydrogens is 228 g/mol. The maximum atomic E-state index is 5.76. The number of pyridine rings is 1. The average molecular weight is 246 g/mol. The Hall–Kier alpha value is -2.11. The molecule has 18 heavy (non-hydrogen) atoms. The van der Waals surface area contributed by atoms with Gasteiger partial charge >= 0.3 is 0 Å². The first-order valence-corrected chi connectivity index (χ1v) is 6.13. The molecule has 0 aliphatic rings. The summed E-state index contributed by atoms with van der Waals surface area (Å²) >= 11 is 0. The molecule has 0 aliphatic carbocycles. The lowest BCUT2D eigenvalue weighted by Gasteiger charge is -2.03. The Morgan fingerprint density at radius 1 is 1.44 bits per heavy atom. The monoisotopic (exact) mass is 246 g/mol. The quantitative estimate of drug-likeness (QED) is 0.467. The van der Waals surface area contributed by atoms with Crippen LogP contribution in [0.25, 0.3) is 5.65 Å². The van der Waals surface area contributed by atoms with E-state index in [9.17, 15) is 0 Å². The van der Waals surface area contributed by atoms with Crippen LogP contribution in [0.15, 0.2) is 29.4 Å². The molecule has 2 aromatic rings. The van der Waals surface area contributed by atoms with Crippen LogP contribution in [0.1, 0.15) is 25.6 Å². The van der Waals surface area contributed by atoms with Gasteiger partial charge < -0.3 is 11.1 Å². The van der Waals surface area contributed by atoms with Gasteiger partial charge in [-0.25, -0.2) is 4.99 Å². The van der Waals surface area contributed by atoms with Gasteiger partial charge in [-0.05, 0) is 18.6 Å². The zero-order chi connectivity index (χ0) is 12.8. The van der Waals surface area contributed by atoms with Crippen molar-refractivity contribution in [2.24, 2.45) is 10.7 Å². The van der Waals surface area contributed by atoms with Crippen LogP contribution in [0.3, 0.4) is 0 Å². The van der Waals surface area contributed by atoms with Gasteiger partial charge in [-0.3, -0.25) is 4.40 Å². The summed E-state index contributed by atoms with van der Waals surface area (Å²) < 4.78 is 1.91. The molecule has 2 heterocycles. The minimum atomic E-state index is 0.427. The zero-order valence-electron chi connectivity index (χ0n) is 10.5. The Labute approximate surface area is 106 Å². The second-order valence-corrected chi connectivity index (χ2v) is 4.03. The van der Waals surface area contributed by atoms with E-state index in [1.54, 1.807) is 0 Å². The third-order valence-electron chi connectivity index (χ3n) is 2.61. The number of hydrogen-bond acceptors (Lipinski definition) is 3. The van der Waals surface area contributed by atoms with Crippen LogP contribution in [0.5, 0.6) is 0 Å². The number of aliphatic imine (C=N–C) groups is 1. The summed E-state index contributed by atoms with van der Waals surface area (Å²) in [6.07, 6.45) is 4.14. The van der Waals surface area contributed by atoms with E-state index in [2.05, 4.69) is 27.4 Å². The SMILES string of the molecule is CCCCNC(N)=NCc1nnc2ccccn12. The largest absolute Gasteiger partial charge is 0.370 e. The fourth-order valence-electron chi connectivity index (χ4n) is 1.60. The van der Waals surface area contributed by atoms with E-state index in [1.807, 2.05) is 28.8 Å². The van der Waals surface area contributed by atoms with Crippen LogP contribution < -0.4 is 11.1 Å². The van der Waals surface area contributed by atoms with Gasteiger partial charge in [0.25, 0.3) is 0 Å². The molecule has 0 bridgehead atoms. The molecule has 0 saturated carbocycles. The zero-order valence-corrected chi connectivity index (χ0v) is 10.5. The van der Waals surface area contributed by atoms with Crippen LogP contribution in [0.2, 0.25) is 0 Å². The Morgan fingerprint density at radius 2 is 2.33 bits per heavy atom. The molecule has 0 spiro atoms. The van der Waals surface area contributed by atoms with Gasteiger partial charge in [0.05, 0.1) is 0 Å². The molecule has 6 nitrogen and oxygen atoms in total. The molecule has 2 aromatic heterocycles. The highest BCUT2D eigenvalue weighted by Gasteiger charge is 2.03. The number of hydrogen-bond donors (Lipinski definition) is 2. The number of nitrogens with two attached hydrogens (primary N) is 1. The molecule has 0 unspecified atom stereocenters. The summed E-state index contributed by atoms with van der Waals surface area (Å²) in [5.74, 6) is 1.24. The lowest BCUT2D eigenvalue weighted by Crippen LogP contribution is -2.32. The lowest BCUT2D eigenvalue weighted by atomic mass is 10.3. The first kappa shape index (κ1) is 12.3. The van der Waals surface area contributed by atoms with Crippen LogP contribution in [-0.2, 0) is 6.54 Å². The number of aromatic nitrogens is 3. The van der Waals surface area contributed by atoms with Gasteiger partial charge in [-0.15, -0.1) is 10.2 Å². The number of nitrogens with zero attached hydrogens (tertiary/aromatic N) is 4. The molecule has 2 rings (SSSR count). The average Bonchev–Trinajstić information content (AvgIpc) is 2.80. The molecule has 0 saturated heterocycles. The van der Waals surface area contributed by atoms with Crippen molar-refractivity contribution in [3.63, 3.8) is 0 Å². The Bertz CT molecular complexity index is 530. The molecule has 0 amide bonds. The van der Waals surface area contributed by atoms with E-state index in [-0.39, 0.29) is 0 Å². The van der Waals surface area contributed by atoms with Gasteiger partial charge in [0, 0.05) is 12.7 Å². The number of unbranched alkanes of at least 4 members (excludes halogenated alkanes) is 1. The summed E-state index contributed by atoms with van der Waals surface area (Å²) in [4.78, 5) is 4.25. The molecular formula is C12H18N6. The van der Waals surface area contributed by atoms with Crippen molar-refractivity contribution in [1.29, 1.82) is 0 Å². The second-order valence-electron chi connectivity index (χ2n) is 4.03. The van der Waals surface area contributed by atoms with Crippen molar-refractivity contribution in [2.75, 3.05) is 6.54 Å². The lowest BCUT2D eigenvalue weighted by molar-refractivity contribution is 0.746. The number of nitrogens with one attached hydrogen (secondary N) is 1. The van der Waals surface area contributed by atoms with E-state index in [1.165, 1.54) is 0 Å². The Kier molecular flexibility index (Phi) is 4.11. The number of guanidine groups is 1. The molecule has 3 N–H and O–H groups in total. The van der Waals surface area contributed by atoms with E-state index in [0.717, 1.165) is 30.9 Å².